The van der Waals surface area contributed by atoms with Crippen molar-refractivity contribution >= 4 is 22.9 Å². The maximum atomic E-state index is 9.50. The molecule has 1 aromatic carbocycles. The molecule has 1 heterocycles. The van der Waals surface area contributed by atoms with E-state index in [9.17, 15) is 5.11 Å². The maximum Gasteiger partial charge on any atom is 0.0931 e. The minimum atomic E-state index is -0.0351. The first-order chi connectivity index (χ1) is 8.70. The summed E-state index contributed by atoms with van der Waals surface area (Å²) in [6, 6.07) is 12.0. The number of benzene rings is 1. The van der Waals surface area contributed by atoms with Crippen LogP contribution in [0.5, 0.6) is 0 Å². The molecule has 0 aliphatic carbocycles. The fraction of sp³-hybridized carbons (Fsp3) is 0.286. The number of aliphatic hydroxyl groups is 1. The van der Waals surface area contributed by atoms with Crippen LogP contribution in [-0.2, 0) is 6.54 Å². The highest BCUT2D eigenvalue weighted by Gasteiger charge is 2.12. The predicted molar refractivity (Wildman–Crippen MR) is 77.2 cm³/mol. The van der Waals surface area contributed by atoms with E-state index >= 15 is 0 Å². The first-order valence-electron chi connectivity index (χ1n) is 5.84. The molecule has 1 aromatic heterocycles. The van der Waals surface area contributed by atoms with Crippen LogP contribution >= 0.6 is 22.9 Å². The zero-order valence-corrected chi connectivity index (χ0v) is 11.8. The number of aliphatic hydroxyl groups excluding tert-OH is 1. The number of hydrogen-bond donors (Lipinski definition) is 2. The largest absolute Gasteiger partial charge is 0.394 e. The molecule has 0 aliphatic heterocycles. The van der Waals surface area contributed by atoms with Gasteiger partial charge in [-0.2, -0.15) is 0 Å². The number of nitrogens with one attached hydrogen (secondary N) is 1. The normalized spacial score (nSPS) is 12.6. The van der Waals surface area contributed by atoms with Crippen LogP contribution < -0.4 is 5.32 Å². The van der Waals surface area contributed by atoms with Gasteiger partial charge in [0.25, 0.3) is 0 Å². The second kappa shape index (κ2) is 6.34. The maximum absolute atomic E-state index is 9.50. The molecule has 96 valence electrons. The molecule has 2 rings (SSSR count). The van der Waals surface area contributed by atoms with Crippen LogP contribution in [0.2, 0.25) is 4.34 Å². The van der Waals surface area contributed by atoms with Crippen molar-refractivity contribution in [3.05, 3.63) is 56.7 Å². The molecule has 18 heavy (non-hydrogen) atoms. The van der Waals surface area contributed by atoms with Gasteiger partial charge >= 0.3 is 0 Å². The number of thiophene rings is 1. The summed E-state index contributed by atoms with van der Waals surface area (Å²) in [7, 11) is 0. The van der Waals surface area contributed by atoms with E-state index in [1.165, 1.54) is 10.4 Å². The van der Waals surface area contributed by atoms with Gasteiger partial charge in [0, 0.05) is 11.4 Å². The van der Waals surface area contributed by atoms with Gasteiger partial charge in [0.05, 0.1) is 17.0 Å². The number of aryl methyl sites for hydroxylation is 1. The van der Waals surface area contributed by atoms with E-state index in [1.54, 1.807) is 11.3 Å². The highest BCUT2D eigenvalue weighted by Crippen LogP contribution is 2.23. The molecule has 1 atom stereocenters. The Labute approximate surface area is 116 Å². The fourth-order valence-corrected chi connectivity index (χ4v) is 2.96. The second-order valence-corrected chi connectivity index (χ2v) is 5.98. The molecule has 2 nitrogen and oxygen atoms in total. The molecular weight excluding hydrogens is 266 g/mol. The summed E-state index contributed by atoms with van der Waals surface area (Å²) in [5, 5.41) is 12.9. The molecule has 0 bridgehead atoms. The standard InChI is InChI=1S/C14H16ClNOS/c1-10-4-2-3-5-12(10)13(9-17)16-8-11-6-7-14(15)18-11/h2-7,13,16-17H,8-9H2,1H3/t13-/m1/s1. The Morgan fingerprint density at radius 3 is 2.67 bits per heavy atom. The highest BCUT2D eigenvalue weighted by molar-refractivity contribution is 7.16. The zero-order chi connectivity index (χ0) is 13.0. The van der Waals surface area contributed by atoms with Gasteiger partial charge in [-0.15, -0.1) is 11.3 Å². The van der Waals surface area contributed by atoms with Crippen molar-refractivity contribution in [1.29, 1.82) is 0 Å². The van der Waals surface area contributed by atoms with E-state index in [-0.39, 0.29) is 12.6 Å². The summed E-state index contributed by atoms with van der Waals surface area (Å²) in [5.41, 5.74) is 2.33. The van der Waals surface area contributed by atoms with Gasteiger partial charge < -0.3 is 10.4 Å². The van der Waals surface area contributed by atoms with E-state index < -0.39 is 0 Å². The Bertz CT molecular complexity index is 512. The van der Waals surface area contributed by atoms with Gasteiger partial charge in [-0.25, -0.2) is 0 Å². The Kier molecular flexibility index (Phi) is 4.78. The third kappa shape index (κ3) is 3.33. The summed E-state index contributed by atoms with van der Waals surface area (Å²) in [6.07, 6.45) is 0. The molecule has 2 N–H and O–H groups in total. The molecule has 0 fully saturated rings. The lowest BCUT2D eigenvalue weighted by Crippen LogP contribution is -2.24. The van der Waals surface area contributed by atoms with E-state index in [1.807, 2.05) is 30.3 Å². The van der Waals surface area contributed by atoms with Gasteiger partial charge in [-0.05, 0) is 30.2 Å². The first kappa shape index (κ1) is 13.6. The lowest BCUT2D eigenvalue weighted by Gasteiger charge is -2.18. The van der Waals surface area contributed by atoms with E-state index in [2.05, 4.69) is 18.3 Å². The van der Waals surface area contributed by atoms with Crippen LogP contribution in [0.4, 0.5) is 0 Å². The summed E-state index contributed by atoms with van der Waals surface area (Å²) < 4.78 is 0.795. The van der Waals surface area contributed by atoms with E-state index in [0.29, 0.717) is 0 Å². The molecule has 4 heteroatoms. The minimum Gasteiger partial charge on any atom is -0.394 e. The average molecular weight is 282 g/mol. The predicted octanol–water partition coefficient (Wildman–Crippen LogP) is 3.53. The molecule has 0 amide bonds. The van der Waals surface area contributed by atoms with E-state index in [4.69, 9.17) is 11.6 Å². The van der Waals surface area contributed by atoms with Crippen molar-refractivity contribution in [2.24, 2.45) is 0 Å². The van der Waals surface area contributed by atoms with Gasteiger partial charge in [-0.1, -0.05) is 35.9 Å². The van der Waals surface area contributed by atoms with Gasteiger partial charge in [0.1, 0.15) is 0 Å². The smallest absolute Gasteiger partial charge is 0.0931 e. The van der Waals surface area contributed by atoms with Crippen molar-refractivity contribution in [2.45, 2.75) is 19.5 Å². The van der Waals surface area contributed by atoms with Crippen LogP contribution in [0.15, 0.2) is 36.4 Å². The number of hydrogen-bond acceptors (Lipinski definition) is 3. The monoisotopic (exact) mass is 281 g/mol. The quantitative estimate of drug-likeness (QED) is 0.879. The molecule has 0 aliphatic rings. The van der Waals surface area contributed by atoms with Crippen molar-refractivity contribution in [3.8, 4) is 0 Å². The Hall–Kier alpha value is -0.870. The SMILES string of the molecule is Cc1ccccc1[C@@H](CO)NCc1ccc(Cl)s1. The number of rotatable bonds is 5. The fourth-order valence-electron chi connectivity index (χ4n) is 1.92. The third-order valence-electron chi connectivity index (χ3n) is 2.90. The summed E-state index contributed by atoms with van der Waals surface area (Å²) >= 11 is 7.45. The Balaban J connectivity index is 2.04. The van der Waals surface area contributed by atoms with Crippen LogP contribution in [-0.4, -0.2) is 11.7 Å². The molecule has 0 radical (unpaired) electrons. The first-order valence-corrected chi connectivity index (χ1v) is 7.04. The molecule has 0 saturated heterocycles. The Morgan fingerprint density at radius 1 is 1.28 bits per heavy atom. The summed E-state index contributed by atoms with van der Waals surface area (Å²) in [6.45, 7) is 2.86. The number of halogens is 1. The minimum absolute atomic E-state index is 0.0351. The van der Waals surface area contributed by atoms with Gasteiger partial charge in [-0.3, -0.25) is 0 Å². The van der Waals surface area contributed by atoms with Crippen LogP contribution in [0, 0.1) is 6.92 Å². The molecule has 0 saturated carbocycles. The van der Waals surface area contributed by atoms with Crippen LogP contribution in [0.25, 0.3) is 0 Å². The summed E-state index contributed by atoms with van der Waals surface area (Å²) in [4.78, 5) is 1.17. The van der Waals surface area contributed by atoms with E-state index in [0.717, 1.165) is 16.4 Å². The second-order valence-electron chi connectivity index (χ2n) is 4.18. The molecule has 2 aromatic rings. The van der Waals surface area contributed by atoms with Gasteiger partial charge in [0.2, 0.25) is 0 Å². The lowest BCUT2D eigenvalue weighted by molar-refractivity contribution is 0.243. The topological polar surface area (TPSA) is 32.3 Å². The Morgan fingerprint density at radius 2 is 2.06 bits per heavy atom. The average Bonchev–Trinajstić information content (AvgIpc) is 2.78. The molecule has 0 spiro atoms. The lowest BCUT2D eigenvalue weighted by atomic mass is 10.0. The zero-order valence-electron chi connectivity index (χ0n) is 10.2. The van der Waals surface area contributed by atoms with Crippen LogP contribution in [0.3, 0.4) is 0 Å². The van der Waals surface area contributed by atoms with Gasteiger partial charge in [0.15, 0.2) is 0 Å². The third-order valence-corrected chi connectivity index (χ3v) is 4.13. The van der Waals surface area contributed by atoms with Crippen molar-refractivity contribution < 1.29 is 5.11 Å². The van der Waals surface area contributed by atoms with Crippen molar-refractivity contribution in [1.82, 2.24) is 5.32 Å². The van der Waals surface area contributed by atoms with Crippen molar-refractivity contribution in [3.63, 3.8) is 0 Å². The summed E-state index contributed by atoms with van der Waals surface area (Å²) in [5.74, 6) is 0. The molecule has 0 unspecified atom stereocenters. The highest BCUT2D eigenvalue weighted by atomic mass is 35.5. The molecular formula is C14H16ClNOS. The van der Waals surface area contributed by atoms with Crippen LogP contribution in [0.1, 0.15) is 22.0 Å². The van der Waals surface area contributed by atoms with Crippen molar-refractivity contribution in [2.75, 3.05) is 6.61 Å².